The molecule has 4 heteroatoms. The maximum absolute atomic E-state index is 13.2. The zero-order valence-corrected chi connectivity index (χ0v) is 13.7. The van der Waals surface area contributed by atoms with Gasteiger partial charge in [0.1, 0.15) is 5.76 Å². The first-order valence-electron chi connectivity index (χ1n) is 8.37. The van der Waals surface area contributed by atoms with Crippen LogP contribution in [0.25, 0.3) is 0 Å². The van der Waals surface area contributed by atoms with Crippen molar-refractivity contribution in [3.63, 3.8) is 0 Å². The molecule has 0 saturated heterocycles. The maximum Gasteiger partial charge on any atom is 0.255 e. The van der Waals surface area contributed by atoms with E-state index in [9.17, 15) is 9.90 Å². The van der Waals surface area contributed by atoms with Crippen LogP contribution in [0.4, 0.5) is 0 Å². The molecule has 1 amide bonds. The molecule has 0 fully saturated rings. The van der Waals surface area contributed by atoms with E-state index in [4.69, 9.17) is 4.42 Å². The molecule has 1 aromatic heterocycles. The largest absolute Gasteiger partial charge is 0.467 e. The minimum absolute atomic E-state index is 0.0365. The molecule has 1 N–H and O–H groups in total. The van der Waals surface area contributed by atoms with Gasteiger partial charge in [-0.05, 0) is 29.3 Å². The highest BCUT2D eigenvalue weighted by Crippen LogP contribution is 2.43. The third-order valence-electron chi connectivity index (χ3n) is 4.80. The third-order valence-corrected chi connectivity index (χ3v) is 4.80. The molecule has 1 aliphatic rings. The number of nitrogens with zero attached hydrogens (tertiary/aromatic N) is 1. The highest BCUT2D eigenvalue weighted by Gasteiger charge is 2.41. The number of carbonyl (C=O) groups excluding carboxylic acids is 1. The average Bonchev–Trinajstić information content (AvgIpc) is 3.19. The predicted molar refractivity (Wildman–Crippen MR) is 94.0 cm³/mol. The van der Waals surface area contributed by atoms with Gasteiger partial charge in [-0.2, -0.15) is 0 Å². The Hall–Kier alpha value is -2.85. The summed E-state index contributed by atoms with van der Waals surface area (Å²) in [6.07, 6.45) is 1.61. The van der Waals surface area contributed by atoms with Gasteiger partial charge in [0, 0.05) is 18.0 Å². The van der Waals surface area contributed by atoms with Crippen LogP contribution in [0.3, 0.4) is 0 Å². The van der Waals surface area contributed by atoms with Crippen molar-refractivity contribution in [1.82, 2.24) is 4.90 Å². The first kappa shape index (κ1) is 15.7. The Balaban J connectivity index is 1.83. The second-order valence-electron chi connectivity index (χ2n) is 6.26. The number of hydrogen-bond acceptors (Lipinski definition) is 3. The average molecular weight is 333 g/mol. The molecule has 0 spiro atoms. The van der Waals surface area contributed by atoms with Crippen LogP contribution in [0, 0.1) is 0 Å². The van der Waals surface area contributed by atoms with Crippen molar-refractivity contribution >= 4 is 5.91 Å². The fourth-order valence-electron chi connectivity index (χ4n) is 3.64. The Kier molecular flexibility index (Phi) is 4.12. The number of aliphatic hydroxyl groups excluding tert-OH is 1. The molecule has 3 aromatic rings. The van der Waals surface area contributed by atoms with Crippen molar-refractivity contribution < 1.29 is 14.3 Å². The van der Waals surface area contributed by atoms with Crippen LogP contribution in [-0.2, 0) is 6.54 Å². The van der Waals surface area contributed by atoms with Gasteiger partial charge < -0.3 is 14.4 Å². The van der Waals surface area contributed by atoms with Crippen LogP contribution < -0.4 is 0 Å². The molecule has 2 heterocycles. The zero-order chi connectivity index (χ0) is 17.2. The summed E-state index contributed by atoms with van der Waals surface area (Å²) in [7, 11) is 0. The number of carbonyl (C=O) groups is 1. The summed E-state index contributed by atoms with van der Waals surface area (Å²) in [5.41, 5.74) is 2.57. The highest BCUT2D eigenvalue weighted by molar-refractivity contribution is 5.97. The van der Waals surface area contributed by atoms with E-state index in [1.54, 1.807) is 11.2 Å². The summed E-state index contributed by atoms with van der Waals surface area (Å²) >= 11 is 0. The smallest absolute Gasteiger partial charge is 0.255 e. The van der Waals surface area contributed by atoms with Crippen LogP contribution in [0.5, 0.6) is 0 Å². The molecule has 0 aliphatic carbocycles. The van der Waals surface area contributed by atoms with Gasteiger partial charge in [0.25, 0.3) is 5.91 Å². The molecule has 25 heavy (non-hydrogen) atoms. The number of furan rings is 1. The van der Waals surface area contributed by atoms with Crippen LogP contribution >= 0.6 is 0 Å². The Labute approximate surface area is 146 Å². The van der Waals surface area contributed by atoms with E-state index < -0.39 is 0 Å². The molecule has 126 valence electrons. The number of hydrogen-bond donors (Lipinski definition) is 1. The molecular weight excluding hydrogens is 314 g/mol. The van der Waals surface area contributed by atoms with Crippen molar-refractivity contribution in [2.75, 3.05) is 6.61 Å². The molecule has 0 unspecified atom stereocenters. The van der Waals surface area contributed by atoms with E-state index >= 15 is 0 Å². The maximum atomic E-state index is 13.2. The van der Waals surface area contributed by atoms with Gasteiger partial charge in [0.2, 0.25) is 0 Å². The second-order valence-corrected chi connectivity index (χ2v) is 6.26. The van der Waals surface area contributed by atoms with Crippen molar-refractivity contribution in [1.29, 1.82) is 0 Å². The fraction of sp³-hybridized carbons (Fsp3) is 0.190. The van der Waals surface area contributed by atoms with Gasteiger partial charge in [0.15, 0.2) is 0 Å². The Morgan fingerprint density at radius 3 is 2.44 bits per heavy atom. The Bertz CT molecular complexity index is 858. The fourth-order valence-corrected chi connectivity index (χ4v) is 3.64. The van der Waals surface area contributed by atoms with E-state index in [2.05, 4.69) is 0 Å². The quantitative estimate of drug-likeness (QED) is 0.791. The van der Waals surface area contributed by atoms with Crippen LogP contribution in [-0.4, -0.2) is 22.5 Å². The van der Waals surface area contributed by atoms with E-state index in [0.29, 0.717) is 17.9 Å². The Morgan fingerprint density at radius 1 is 0.960 bits per heavy atom. The standard InChI is InChI=1S/C21H19NO3/c23-14-18-16-9-4-5-10-17(16)21(24)22(13-15-7-2-1-3-8-15)20(18)19-11-6-12-25-19/h1-12,18,20,23H,13-14H2/t18-,20-/m0/s1. The first-order chi connectivity index (χ1) is 12.3. The van der Waals surface area contributed by atoms with Gasteiger partial charge in [-0.1, -0.05) is 48.5 Å². The predicted octanol–water partition coefficient (Wildman–Crippen LogP) is 3.75. The van der Waals surface area contributed by atoms with Gasteiger partial charge in [0.05, 0.1) is 18.9 Å². The lowest BCUT2D eigenvalue weighted by Crippen LogP contribution is -2.43. The minimum atomic E-state index is -0.331. The summed E-state index contributed by atoms with van der Waals surface area (Å²) in [4.78, 5) is 15.0. The lowest BCUT2D eigenvalue weighted by molar-refractivity contribution is 0.0501. The monoisotopic (exact) mass is 333 g/mol. The molecule has 2 aromatic carbocycles. The number of rotatable bonds is 4. The van der Waals surface area contributed by atoms with E-state index in [-0.39, 0.29) is 24.5 Å². The third kappa shape index (κ3) is 2.75. The van der Waals surface area contributed by atoms with Crippen molar-refractivity contribution in [2.45, 2.75) is 18.5 Å². The van der Waals surface area contributed by atoms with Crippen molar-refractivity contribution in [3.05, 3.63) is 95.4 Å². The molecule has 1 aliphatic heterocycles. The molecular formula is C21H19NO3. The second kappa shape index (κ2) is 6.57. The summed E-state index contributed by atoms with van der Waals surface area (Å²) < 4.78 is 5.63. The normalized spacial score (nSPS) is 19.7. The highest BCUT2D eigenvalue weighted by atomic mass is 16.3. The Morgan fingerprint density at radius 2 is 1.72 bits per heavy atom. The topological polar surface area (TPSA) is 53.7 Å². The summed E-state index contributed by atoms with van der Waals surface area (Å²) in [6.45, 7) is 0.414. The molecule has 4 nitrogen and oxygen atoms in total. The zero-order valence-electron chi connectivity index (χ0n) is 13.7. The van der Waals surface area contributed by atoms with Gasteiger partial charge in [-0.3, -0.25) is 4.79 Å². The van der Waals surface area contributed by atoms with Gasteiger partial charge in [-0.15, -0.1) is 0 Å². The lowest BCUT2D eigenvalue weighted by atomic mass is 9.82. The molecule has 2 atom stereocenters. The van der Waals surface area contributed by atoms with Crippen LogP contribution in [0.15, 0.2) is 77.4 Å². The summed E-state index contributed by atoms with van der Waals surface area (Å²) in [5.74, 6) is 0.437. The SMILES string of the molecule is O=C1c2ccccc2[C@H](CO)[C@@H](c2ccco2)N1Cc1ccccc1. The lowest BCUT2D eigenvalue weighted by Gasteiger charge is -2.40. The van der Waals surface area contributed by atoms with E-state index in [1.165, 1.54) is 0 Å². The van der Waals surface area contributed by atoms with Crippen molar-refractivity contribution in [3.8, 4) is 0 Å². The molecule has 4 rings (SSSR count). The first-order valence-corrected chi connectivity index (χ1v) is 8.37. The van der Waals surface area contributed by atoms with E-state index in [0.717, 1.165) is 11.1 Å². The minimum Gasteiger partial charge on any atom is -0.467 e. The van der Waals surface area contributed by atoms with Crippen LogP contribution in [0.1, 0.15) is 39.2 Å². The summed E-state index contributed by atoms with van der Waals surface area (Å²) in [6, 6.07) is 20.7. The number of aliphatic hydroxyl groups is 1. The van der Waals surface area contributed by atoms with Crippen molar-refractivity contribution in [2.24, 2.45) is 0 Å². The molecule has 0 bridgehead atoms. The van der Waals surface area contributed by atoms with Gasteiger partial charge in [-0.25, -0.2) is 0 Å². The van der Waals surface area contributed by atoms with Crippen LogP contribution in [0.2, 0.25) is 0 Å². The van der Waals surface area contributed by atoms with E-state index in [1.807, 2.05) is 66.7 Å². The number of benzene rings is 2. The molecule has 0 saturated carbocycles. The number of fused-ring (bicyclic) bond motifs is 1. The summed E-state index contributed by atoms with van der Waals surface area (Å²) in [5, 5.41) is 10.1. The van der Waals surface area contributed by atoms with Gasteiger partial charge >= 0.3 is 0 Å². The molecule has 0 radical (unpaired) electrons. The number of amides is 1.